The van der Waals surface area contributed by atoms with E-state index in [2.05, 4.69) is 28.1 Å². The molecule has 0 saturated heterocycles. The second kappa shape index (κ2) is 17.0. The second-order valence-corrected chi connectivity index (χ2v) is 10.6. The van der Waals surface area contributed by atoms with Crippen LogP contribution in [0.2, 0.25) is 0 Å². The van der Waals surface area contributed by atoms with Gasteiger partial charge in [-0.15, -0.1) is 0 Å². The van der Waals surface area contributed by atoms with Crippen molar-refractivity contribution >= 4 is 7.60 Å². The molecule has 0 aliphatic heterocycles. The van der Waals surface area contributed by atoms with E-state index in [4.69, 9.17) is 9.26 Å². The summed E-state index contributed by atoms with van der Waals surface area (Å²) < 4.78 is 23.1. The Bertz CT molecular complexity index is 372. The third kappa shape index (κ3) is 22.2. The van der Waals surface area contributed by atoms with Crippen LogP contribution in [0.3, 0.4) is 0 Å². The number of hydrogen-bond donors (Lipinski definition) is 1. The molecule has 1 atom stereocenters. The minimum atomic E-state index is -3.59. The van der Waals surface area contributed by atoms with Gasteiger partial charge in [-0.25, -0.2) is 0 Å². The first-order chi connectivity index (χ1) is 12.8. The molecule has 27 heavy (non-hydrogen) atoms. The van der Waals surface area contributed by atoms with Crippen molar-refractivity contribution in [3.8, 4) is 0 Å². The molecule has 164 valence electrons. The van der Waals surface area contributed by atoms with Crippen LogP contribution in [-0.4, -0.2) is 56.6 Å². The molecule has 0 saturated carbocycles. The van der Waals surface area contributed by atoms with Crippen molar-refractivity contribution in [2.24, 2.45) is 0 Å². The van der Waals surface area contributed by atoms with Gasteiger partial charge >= 0.3 is 7.60 Å². The molecule has 0 amide bonds. The van der Waals surface area contributed by atoms with E-state index < -0.39 is 7.60 Å². The summed E-state index contributed by atoms with van der Waals surface area (Å²) in [6.07, 6.45) is 16.5. The highest BCUT2D eigenvalue weighted by molar-refractivity contribution is 7.52. The third-order valence-corrected chi connectivity index (χ3v) is 5.80. The number of nitrogens with zero attached hydrogens (tertiary/aromatic N) is 1. The third-order valence-electron chi connectivity index (χ3n) is 4.70. The van der Waals surface area contributed by atoms with Gasteiger partial charge in [0.15, 0.2) is 0 Å². The maximum Gasteiger partial charge on any atom is 0.353 e. The SMILES string of the molecule is CCCCCCCCCCCCCCCOP(=O)(O)COCC[N+](C)(C)C. The number of quaternary nitrogens is 1. The Morgan fingerprint density at radius 1 is 0.741 bits per heavy atom. The quantitative estimate of drug-likeness (QED) is 0.153. The van der Waals surface area contributed by atoms with Crippen LogP contribution in [0.15, 0.2) is 0 Å². The topological polar surface area (TPSA) is 55.8 Å². The van der Waals surface area contributed by atoms with Gasteiger partial charge in [0.25, 0.3) is 0 Å². The lowest BCUT2D eigenvalue weighted by Gasteiger charge is -2.23. The van der Waals surface area contributed by atoms with Gasteiger partial charge in [0, 0.05) is 0 Å². The Morgan fingerprint density at radius 2 is 1.19 bits per heavy atom. The molecular weight excluding hydrogens is 361 g/mol. The molecule has 0 aliphatic carbocycles. The molecule has 0 aliphatic rings. The molecule has 0 fully saturated rings. The van der Waals surface area contributed by atoms with Gasteiger partial charge in [0.05, 0.1) is 34.4 Å². The summed E-state index contributed by atoms with van der Waals surface area (Å²) in [5.41, 5.74) is 0. The predicted octanol–water partition coefficient (Wildman–Crippen LogP) is 5.96. The molecule has 0 radical (unpaired) electrons. The van der Waals surface area contributed by atoms with Gasteiger partial charge in [-0.2, -0.15) is 0 Å². The first-order valence-corrected chi connectivity index (χ1v) is 12.9. The molecule has 0 aromatic rings. The van der Waals surface area contributed by atoms with Gasteiger partial charge in [0.1, 0.15) is 12.9 Å². The highest BCUT2D eigenvalue weighted by atomic mass is 31.2. The number of rotatable bonds is 20. The zero-order chi connectivity index (χ0) is 20.4. The van der Waals surface area contributed by atoms with E-state index in [-0.39, 0.29) is 6.35 Å². The largest absolute Gasteiger partial charge is 0.363 e. The van der Waals surface area contributed by atoms with Crippen molar-refractivity contribution < 1.29 is 23.2 Å². The van der Waals surface area contributed by atoms with Crippen molar-refractivity contribution in [3.63, 3.8) is 0 Å². The van der Waals surface area contributed by atoms with Crippen molar-refractivity contribution in [1.82, 2.24) is 0 Å². The van der Waals surface area contributed by atoms with Crippen LogP contribution >= 0.6 is 7.60 Å². The molecule has 0 rings (SSSR count). The Morgan fingerprint density at radius 3 is 1.63 bits per heavy atom. The van der Waals surface area contributed by atoms with Crippen LogP contribution in [0.25, 0.3) is 0 Å². The molecule has 0 aromatic heterocycles. The Hall–Kier alpha value is 0.0700. The van der Waals surface area contributed by atoms with Gasteiger partial charge < -0.3 is 18.6 Å². The number of ether oxygens (including phenoxy) is 1. The summed E-state index contributed by atoms with van der Waals surface area (Å²) in [6, 6.07) is 0. The highest BCUT2D eigenvalue weighted by Crippen LogP contribution is 2.41. The molecule has 1 unspecified atom stereocenters. The van der Waals surface area contributed by atoms with Crippen LogP contribution < -0.4 is 0 Å². The Kier molecular flexibility index (Phi) is 17.0. The standard InChI is InChI=1S/C21H46NO4P/c1-5-6-7-8-9-10-11-12-13-14-15-16-17-19-26-27(23,24)21-25-20-18-22(2,3)4/h5-21H2,1-4H3/p+1. The summed E-state index contributed by atoms with van der Waals surface area (Å²) in [6.45, 7) is 3.89. The monoisotopic (exact) mass is 408 g/mol. The van der Waals surface area contributed by atoms with Crippen molar-refractivity contribution in [3.05, 3.63) is 0 Å². The fourth-order valence-electron chi connectivity index (χ4n) is 2.88. The van der Waals surface area contributed by atoms with E-state index in [1.807, 2.05) is 0 Å². The van der Waals surface area contributed by atoms with E-state index in [0.717, 1.165) is 23.9 Å². The van der Waals surface area contributed by atoms with Gasteiger partial charge in [-0.3, -0.25) is 4.57 Å². The first kappa shape index (κ1) is 27.1. The summed E-state index contributed by atoms with van der Waals surface area (Å²) in [4.78, 5) is 9.74. The lowest BCUT2D eigenvalue weighted by molar-refractivity contribution is -0.870. The van der Waals surface area contributed by atoms with Crippen LogP contribution in [0.5, 0.6) is 0 Å². The van der Waals surface area contributed by atoms with Gasteiger partial charge in [-0.1, -0.05) is 84.0 Å². The molecule has 0 aromatic carbocycles. The number of hydrogen-bond acceptors (Lipinski definition) is 3. The zero-order valence-electron chi connectivity index (χ0n) is 18.6. The van der Waals surface area contributed by atoms with E-state index in [9.17, 15) is 9.46 Å². The minimum Gasteiger partial charge on any atom is -0.363 e. The molecule has 5 nitrogen and oxygen atoms in total. The summed E-state index contributed by atoms with van der Waals surface area (Å²) >= 11 is 0. The lowest BCUT2D eigenvalue weighted by atomic mass is 10.0. The summed E-state index contributed by atoms with van der Waals surface area (Å²) in [5.74, 6) is 0. The van der Waals surface area contributed by atoms with Crippen molar-refractivity contribution in [2.75, 3.05) is 47.2 Å². The molecule has 0 bridgehead atoms. The minimum absolute atomic E-state index is 0.203. The van der Waals surface area contributed by atoms with Crippen molar-refractivity contribution in [1.29, 1.82) is 0 Å². The second-order valence-electron chi connectivity index (χ2n) is 8.76. The average molecular weight is 409 g/mol. The van der Waals surface area contributed by atoms with E-state index in [1.54, 1.807) is 0 Å². The zero-order valence-corrected chi connectivity index (χ0v) is 19.5. The predicted molar refractivity (Wildman–Crippen MR) is 115 cm³/mol. The average Bonchev–Trinajstić information content (AvgIpc) is 2.58. The van der Waals surface area contributed by atoms with E-state index >= 15 is 0 Å². The van der Waals surface area contributed by atoms with E-state index in [1.165, 1.54) is 70.6 Å². The van der Waals surface area contributed by atoms with E-state index in [0.29, 0.717) is 13.2 Å². The Labute approximate surface area is 168 Å². The maximum absolute atomic E-state index is 11.9. The number of likely N-dealkylation sites (N-methyl/N-ethyl adjacent to an activating group) is 1. The van der Waals surface area contributed by atoms with Crippen molar-refractivity contribution in [2.45, 2.75) is 90.4 Å². The summed E-state index contributed by atoms with van der Waals surface area (Å²) in [7, 11) is 2.60. The van der Waals surface area contributed by atoms with Crippen LogP contribution in [0.4, 0.5) is 0 Å². The molecule has 1 N–H and O–H groups in total. The normalized spacial score (nSPS) is 14.4. The fraction of sp³-hybridized carbons (Fsp3) is 1.00. The summed E-state index contributed by atoms with van der Waals surface area (Å²) in [5, 5.41) is 0. The van der Waals surface area contributed by atoms with Crippen LogP contribution in [0.1, 0.15) is 90.4 Å². The van der Waals surface area contributed by atoms with Crippen LogP contribution in [0, 0.1) is 0 Å². The Balaban J connectivity index is 3.34. The highest BCUT2D eigenvalue weighted by Gasteiger charge is 2.19. The fourth-order valence-corrected chi connectivity index (χ4v) is 3.73. The number of unbranched alkanes of at least 4 members (excludes halogenated alkanes) is 12. The molecule has 6 heteroatoms. The smallest absolute Gasteiger partial charge is 0.353 e. The first-order valence-electron chi connectivity index (χ1n) is 11.1. The van der Waals surface area contributed by atoms with Gasteiger partial charge in [0.2, 0.25) is 0 Å². The maximum atomic E-state index is 11.9. The van der Waals surface area contributed by atoms with Gasteiger partial charge in [-0.05, 0) is 6.42 Å². The lowest BCUT2D eigenvalue weighted by Crippen LogP contribution is -2.37. The molecule has 0 spiro atoms. The molecular formula is C21H47NO4P+. The van der Waals surface area contributed by atoms with Crippen LogP contribution in [-0.2, 0) is 13.8 Å². The molecule has 0 heterocycles.